The number of fused-ring (bicyclic) bond motifs is 1. The zero-order valence-corrected chi connectivity index (χ0v) is 9.72. The van der Waals surface area contributed by atoms with Crippen molar-refractivity contribution in [1.82, 2.24) is 4.90 Å². The molecule has 1 aliphatic carbocycles. The minimum absolute atomic E-state index is 0.0517. The molecule has 3 nitrogen and oxygen atoms in total. The highest BCUT2D eigenvalue weighted by atomic mass is 19.4. The van der Waals surface area contributed by atoms with Gasteiger partial charge in [-0.25, -0.2) is 0 Å². The van der Waals surface area contributed by atoms with Crippen LogP contribution in [0.4, 0.5) is 13.2 Å². The summed E-state index contributed by atoms with van der Waals surface area (Å²) >= 11 is 0. The van der Waals surface area contributed by atoms with Gasteiger partial charge >= 0.3 is 6.18 Å². The van der Waals surface area contributed by atoms with Crippen LogP contribution in [-0.2, 0) is 16.1 Å². The summed E-state index contributed by atoms with van der Waals surface area (Å²) < 4.78 is 37.6. The Balaban J connectivity index is 1.76. The Morgan fingerprint density at radius 3 is 2.00 bits per heavy atom. The number of piperidine rings is 1. The Labute approximate surface area is 107 Å². The molecule has 1 saturated carbocycles. The molecule has 2 amide bonds. The molecule has 6 heteroatoms. The topological polar surface area (TPSA) is 37.4 Å². The van der Waals surface area contributed by atoms with Gasteiger partial charge in [0.2, 0.25) is 11.8 Å². The molecule has 100 valence electrons. The van der Waals surface area contributed by atoms with E-state index in [1.807, 2.05) is 0 Å². The number of alkyl halides is 3. The fourth-order valence-corrected chi connectivity index (χ4v) is 2.72. The van der Waals surface area contributed by atoms with Crippen LogP contribution in [0.15, 0.2) is 30.3 Å². The van der Waals surface area contributed by atoms with Gasteiger partial charge in [0.05, 0.1) is 24.3 Å². The second kappa shape index (κ2) is 3.82. The molecule has 0 N–H and O–H groups in total. The summed E-state index contributed by atoms with van der Waals surface area (Å²) in [4.78, 5) is 24.6. The fraction of sp³-hybridized carbons (Fsp3) is 0.385. The molecule has 2 aliphatic rings. The van der Waals surface area contributed by atoms with E-state index in [0.29, 0.717) is 0 Å². The third kappa shape index (κ3) is 1.82. The van der Waals surface area contributed by atoms with Crippen molar-refractivity contribution in [1.29, 1.82) is 0 Å². The van der Waals surface area contributed by atoms with Crippen LogP contribution in [0.1, 0.15) is 5.56 Å². The predicted molar refractivity (Wildman–Crippen MR) is 58.5 cm³/mol. The van der Waals surface area contributed by atoms with Gasteiger partial charge in [0.1, 0.15) is 0 Å². The highest BCUT2D eigenvalue weighted by Gasteiger charge is 2.75. The molecule has 19 heavy (non-hydrogen) atoms. The van der Waals surface area contributed by atoms with Crippen molar-refractivity contribution in [3.05, 3.63) is 35.9 Å². The van der Waals surface area contributed by atoms with Crippen molar-refractivity contribution in [3.8, 4) is 0 Å². The first kappa shape index (κ1) is 12.2. The van der Waals surface area contributed by atoms with Gasteiger partial charge in [0, 0.05) is 0 Å². The average molecular weight is 269 g/mol. The van der Waals surface area contributed by atoms with Crippen LogP contribution in [0.3, 0.4) is 0 Å². The molecular formula is C13H10F3NO2. The molecule has 1 aliphatic heterocycles. The van der Waals surface area contributed by atoms with Gasteiger partial charge in [-0.2, -0.15) is 13.2 Å². The Bertz CT molecular complexity index is 519. The van der Waals surface area contributed by atoms with Crippen LogP contribution in [0.2, 0.25) is 0 Å². The monoisotopic (exact) mass is 269 g/mol. The maximum Gasteiger partial charge on any atom is 0.393 e. The van der Waals surface area contributed by atoms with Crippen molar-refractivity contribution in [3.63, 3.8) is 0 Å². The maximum absolute atomic E-state index is 12.5. The maximum atomic E-state index is 12.5. The lowest BCUT2D eigenvalue weighted by Gasteiger charge is -2.19. The molecule has 0 spiro atoms. The van der Waals surface area contributed by atoms with Crippen molar-refractivity contribution in [2.45, 2.75) is 12.7 Å². The molecule has 0 radical (unpaired) electrons. The average Bonchev–Trinajstić information content (AvgIpc) is 3.06. The van der Waals surface area contributed by atoms with Gasteiger partial charge in [0.25, 0.3) is 0 Å². The lowest BCUT2D eigenvalue weighted by molar-refractivity contribution is -0.168. The first-order valence-corrected chi connectivity index (χ1v) is 5.87. The molecule has 1 heterocycles. The lowest BCUT2D eigenvalue weighted by Crippen LogP contribution is -2.36. The van der Waals surface area contributed by atoms with Crippen LogP contribution >= 0.6 is 0 Å². The Morgan fingerprint density at radius 2 is 1.53 bits per heavy atom. The summed E-state index contributed by atoms with van der Waals surface area (Å²) in [5.74, 6) is -5.52. The largest absolute Gasteiger partial charge is 0.393 e. The molecule has 1 saturated heterocycles. The van der Waals surface area contributed by atoms with Gasteiger partial charge in [0.15, 0.2) is 0 Å². The van der Waals surface area contributed by atoms with Crippen LogP contribution in [0.5, 0.6) is 0 Å². The number of hydrogen-bond donors (Lipinski definition) is 0. The summed E-state index contributed by atoms with van der Waals surface area (Å²) in [5, 5.41) is 0. The van der Waals surface area contributed by atoms with Crippen LogP contribution in [0, 0.1) is 17.8 Å². The van der Waals surface area contributed by atoms with Crippen LogP contribution in [0.25, 0.3) is 0 Å². The second-order valence-corrected chi connectivity index (χ2v) is 4.87. The molecular weight excluding hydrogens is 259 g/mol. The molecule has 0 bridgehead atoms. The number of carbonyl (C=O) groups is 2. The number of carbonyl (C=O) groups excluding carboxylic acids is 2. The third-order valence-corrected chi connectivity index (χ3v) is 3.68. The Kier molecular flexibility index (Phi) is 2.45. The first-order chi connectivity index (χ1) is 8.91. The Hall–Kier alpha value is -1.85. The number of nitrogens with zero attached hydrogens (tertiary/aromatic N) is 1. The number of hydrogen-bond acceptors (Lipinski definition) is 2. The van der Waals surface area contributed by atoms with E-state index in [4.69, 9.17) is 0 Å². The summed E-state index contributed by atoms with van der Waals surface area (Å²) in [6.45, 7) is 0.0517. The zero-order valence-electron chi connectivity index (χ0n) is 9.72. The van der Waals surface area contributed by atoms with E-state index in [9.17, 15) is 22.8 Å². The second-order valence-electron chi connectivity index (χ2n) is 4.87. The van der Waals surface area contributed by atoms with E-state index in [-0.39, 0.29) is 6.54 Å². The molecule has 2 unspecified atom stereocenters. The number of imide groups is 1. The van der Waals surface area contributed by atoms with E-state index in [1.54, 1.807) is 30.3 Å². The SMILES string of the molecule is O=C1C2C(C(=O)N1Cc1ccccc1)C2C(F)(F)F. The van der Waals surface area contributed by atoms with E-state index in [2.05, 4.69) is 0 Å². The zero-order chi connectivity index (χ0) is 13.8. The molecule has 3 rings (SSSR count). The molecule has 1 aromatic carbocycles. The van der Waals surface area contributed by atoms with Crippen molar-refractivity contribution < 1.29 is 22.8 Å². The fourth-order valence-electron chi connectivity index (χ4n) is 2.72. The number of amides is 2. The van der Waals surface area contributed by atoms with Crippen LogP contribution in [-0.4, -0.2) is 22.9 Å². The van der Waals surface area contributed by atoms with E-state index in [0.717, 1.165) is 10.5 Å². The number of likely N-dealkylation sites (tertiary alicyclic amines) is 1. The molecule has 2 atom stereocenters. The van der Waals surface area contributed by atoms with Crippen molar-refractivity contribution in [2.24, 2.45) is 17.8 Å². The highest BCUT2D eigenvalue weighted by Crippen LogP contribution is 2.60. The van der Waals surface area contributed by atoms with E-state index < -0.39 is 35.7 Å². The van der Waals surface area contributed by atoms with Gasteiger partial charge in [-0.1, -0.05) is 30.3 Å². The third-order valence-electron chi connectivity index (χ3n) is 3.68. The summed E-state index contributed by atoms with van der Waals surface area (Å²) in [6, 6.07) is 8.74. The number of halogens is 3. The summed E-state index contributed by atoms with van der Waals surface area (Å²) in [6.07, 6.45) is -4.46. The lowest BCUT2D eigenvalue weighted by atomic mass is 10.2. The predicted octanol–water partition coefficient (Wildman–Crippen LogP) is 1.98. The van der Waals surface area contributed by atoms with Crippen molar-refractivity contribution in [2.75, 3.05) is 0 Å². The Morgan fingerprint density at radius 1 is 1.00 bits per heavy atom. The quantitative estimate of drug-likeness (QED) is 0.770. The van der Waals surface area contributed by atoms with E-state index >= 15 is 0 Å². The van der Waals surface area contributed by atoms with Gasteiger partial charge in [-0.05, 0) is 5.56 Å². The van der Waals surface area contributed by atoms with E-state index in [1.165, 1.54) is 0 Å². The number of rotatable bonds is 2. The molecule has 0 aromatic heterocycles. The highest BCUT2D eigenvalue weighted by molar-refractivity contribution is 6.09. The van der Waals surface area contributed by atoms with Crippen LogP contribution < -0.4 is 0 Å². The number of benzene rings is 1. The van der Waals surface area contributed by atoms with Crippen molar-refractivity contribution >= 4 is 11.8 Å². The normalized spacial score (nSPS) is 29.6. The minimum Gasteiger partial charge on any atom is -0.278 e. The van der Waals surface area contributed by atoms with Gasteiger partial charge in [-0.3, -0.25) is 14.5 Å². The first-order valence-electron chi connectivity index (χ1n) is 5.87. The minimum atomic E-state index is -4.46. The standard InChI is InChI=1S/C13H10F3NO2/c14-13(15,16)10-8-9(10)12(19)17(11(8)18)6-7-4-2-1-3-5-7/h1-5,8-10H,6H2. The van der Waals surface area contributed by atoms with Gasteiger partial charge in [-0.15, -0.1) is 0 Å². The summed E-state index contributed by atoms with van der Waals surface area (Å²) in [5.41, 5.74) is 0.731. The smallest absolute Gasteiger partial charge is 0.278 e. The molecule has 1 aromatic rings. The van der Waals surface area contributed by atoms with Gasteiger partial charge < -0.3 is 0 Å². The molecule has 2 fully saturated rings. The summed E-state index contributed by atoms with van der Waals surface area (Å²) in [7, 11) is 0.